The summed E-state index contributed by atoms with van der Waals surface area (Å²) in [6, 6.07) is 0. The van der Waals surface area contributed by atoms with Crippen LogP contribution in [0.15, 0.2) is 0 Å². The molecule has 0 aromatic carbocycles. The van der Waals surface area contributed by atoms with Crippen LogP contribution in [-0.4, -0.2) is 23.9 Å². The molecule has 1 amide bonds. The second kappa shape index (κ2) is 7.70. The van der Waals surface area contributed by atoms with E-state index in [1.165, 1.54) is 25.7 Å². The number of likely N-dealkylation sites (tertiary alicyclic amines) is 1. The average Bonchev–Trinajstić information content (AvgIpc) is 2.56. The molecule has 1 rings (SSSR count). The van der Waals surface area contributed by atoms with Crippen LogP contribution in [0.4, 0.5) is 0 Å². The van der Waals surface area contributed by atoms with Crippen LogP contribution < -0.4 is 0 Å². The molecule has 0 spiro atoms. The van der Waals surface area contributed by atoms with Gasteiger partial charge in [0.2, 0.25) is 5.91 Å². The maximum absolute atomic E-state index is 12.4. The number of carbonyl (C=O) groups excluding carboxylic acids is 1. The molecular formula is C14H27NO. The van der Waals surface area contributed by atoms with Crippen molar-refractivity contribution in [2.24, 2.45) is 5.92 Å². The van der Waals surface area contributed by atoms with Crippen molar-refractivity contribution >= 4 is 5.91 Å². The van der Waals surface area contributed by atoms with E-state index in [1.807, 2.05) is 0 Å². The molecule has 0 saturated carbocycles. The molecular weight excluding hydrogens is 198 g/mol. The summed E-state index contributed by atoms with van der Waals surface area (Å²) in [5.41, 5.74) is 0. The zero-order chi connectivity index (χ0) is 11.8. The van der Waals surface area contributed by atoms with Crippen LogP contribution >= 0.6 is 0 Å². The van der Waals surface area contributed by atoms with E-state index in [0.717, 1.165) is 38.8 Å². The summed E-state index contributed by atoms with van der Waals surface area (Å²) < 4.78 is 0. The third-order valence-electron chi connectivity index (χ3n) is 3.54. The normalized spacial score (nSPS) is 17.6. The zero-order valence-electron chi connectivity index (χ0n) is 11.0. The fourth-order valence-corrected chi connectivity index (χ4v) is 2.64. The van der Waals surface area contributed by atoms with Crippen molar-refractivity contribution in [2.45, 2.75) is 65.2 Å². The van der Waals surface area contributed by atoms with Crippen molar-refractivity contribution in [3.8, 4) is 0 Å². The summed E-state index contributed by atoms with van der Waals surface area (Å²) >= 11 is 0. The first-order chi connectivity index (χ1) is 7.79. The van der Waals surface area contributed by atoms with Crippen molar-refractivity contribution in [1.82, 2.24) is 4.90 Å². The minimum Gasteiger partial charge on any atom is -0.342 e. The molecule has 1 fully saturated rings. The highest BCUT2D eigenvalue weighted by Gasteiger charge is 2.23. The minimum absolute atomic E-state index is 0.299. The van der Waals surface area contributed by atoms with E-state index in [4.69, 9.17) is 0 Å². The Morgan fingerprint density at radius 3 is 1.94 bits per heavy atom. The van der Waals surface area contributed by atoms with Gasteiger partial charge >= 0.3 is 0 Å². The second-order valence-corrected chi connectivity index (χ2v) is 5.01. The SMILES string of the molecule is CCCC(CCC)C(=O)N1CCCCCC1. The van der Waals surface area contributed by atoms with Gasteiger partial charge in [-0.15, -0.1) is 0 Å². The molecule has 16 heavy (non-hydrogen) atoms. The van der Waals surface area contributed by atoms with Gasteiger partial charge < -0.3 is 4.90 Å². The second-order valence-electron chi connectivity index (χ2n) is 5.01. The average molecular weight is 225 g/mol. The largest absolute Gasteiger partial charge is 0.342 e. The van der Waals surface area contributed by atoms with E-state index >= 15 is 0 Å². The quantitative estimate of drug-likeness (QED) is 0.700. The molecule has 1 saturated heterocycles. The highest BCUT2D eigenvalue weighted by molar-refractivity contribution is 5.78. The molecule has 0 aromatic rings. The van der Waals surface area contributed by atoms with Gasteiger partial charge in [-0.05, 0) is 25.7 Å². The van der Waals surface area contributed by atoms with Gasteiger partial charge in [-0.3, -0.25) is 4.79 Å². The predicted molar refractivity (Wildman–Crippen MR) is 68.4 cm³/mol. The zero-order valence-corrected chi connectivity index (χ0v) is 11.0. The lowest BCUT2D eigenvalue weighted by Crippen LogP contribution is -2.36. The Bertz CT molecular complexity index is 185. The molecule has 0 atom stereocenters. The van der Waals surface area contributed by atoms with Gasteiger partial charge in [0, 0.05) is 19.0 Å². The molecule has 0 bridgehead atoms. The van der Waals surface area contributed by atoms with Gasteiger partial charge in [0.05, 0.1) is 0 Å². The van der Waals surface area contributed by atoms with Gasteiger partial charge in [-0.25, -0.2) is 0 Å². The van der Waals surface area contributed by atoms with Crippen molar-refractivity contribution in [1.29, 1.82) is 0 Å². The smallest absolute Gasteiger partial charge is 0.225 e. The maximum Gasteiger partial charge on any atom is 0.225 e. The van der Waals surface area contributed by atoms with Crippen LogP contribution in [0, 0.1) is 5.92 Å². The molecule has 2 heteroatoms. The monoisotopic (exact) mass is 225 g/mol. The lowest BCUT2D eigenvalue weighted by Gasteiger charge is -2.25. The lowest BCUT2D eigenvalue weighted by molar-refractivity contribution is -0.136. The fourth-order valence-electron chi connectivity index (χ4n) is 2.64. The van der Waals surface area contributed by atoms with E-state index in [1.54, 1.807) is 0 Å². The first-order valence-electron chi connectivity index (χ1n) is 7.08. The Balaban J connectivity index is 2.49. The minimum atomic E-state index is 0.299. The Hall–Kier alpha value is -0.530. The van der Waals surface area contributed by atoms with Gasteiger partial charge in [0.15, 0.2) is 0 Å². The van der Waals surface area contributed by atoms with Gasteiger partial charge in [0.1, 0.15) is 0 Å². The number of hydrogen-bond acceptors (Lipinski definition) is 1. The van der Waals surface area contributed by atoms with Gasteiger partial charge in [0.25, 0.3) is 0 Å². The summed E-state index contributed by atoms with van der Waals surface area (Å²) in [6.07, 6.45) is 9.42. The standard InChI is InChI=1S/C14H27NO/c1-3-9-13(10-4-2)14(16)15-11-7-5-6-8-12-15/h13H,3-12H2,1-2H3. The molecule has 94 valence electrons. The van der Waals surface area contributed by atoms with Crippen LogP contribution in [0.25, 0.3) is 0 Å². The fraction of sp³-hybridized carbons (Fsp3) is 0.929. The summed E-state index contributed by atoms with van der Waals surface area (Å²) in [5.74, 6) is 0.735. The van der Waals surface area contributed by atoms with E-state index in [-0.39, 0.29) is 0 Å². The molecule has 0 unspecified atom stereocenters. The van der Waals surface area contributed by atoms with Crippen LogP contribution in [0.5, 0.6) is 0 Å². The first-order valence-corrected chi connectivity index (χ1v) is 7.08. The third-order valence-corrected chi connectivity index (χ3v) is 3.54. The Morgan fingerprint density at radius 2 is 1.50 bits per heavy atom. The van der Waals surface area contributed by atoms with Gasteiger partial charge in [-0.2, -0.15) is 0 Å². The van der Waals surface area contributed by atoms with Gasteiger partial charge in [-0.1, -0.05) is 39.5 Å². The van der Waals surface area contributed by atoms with Crippen LogP contribution in [-0.2, 0) is 4.79 Å². The molecule has 2 nitrogen and oxygen atoms in total. The van der Waals surface area contributed by atoms with E-state index < -0.39 is 0 Å². The van der Waals surface area contributed by atoms with Crippen LogP contribution in [0.1, 0.15) is 65.2 Å². The first kappa shape index (κ1) is 13.5. The van der Waals surface area contributed by atoms with Crippen LogP contribution in [0.2, 0.25) is 0 Å². The Morgan fingerprint density at radius 1 is 1.00 bits per heavy atom. The molecule has 1 aliphatic heterocycles. The summed E-state index contributed by atoms with van der Waals surface area (Å²) in [6.45, 7) is 6.36. The lowest BCUT2D eigenvalue weighted by atomic mass is 9.96. The van der Waals surface area contributed by atoms with Crippen LogP contribution in [0.3, 0.4) is 0 Å². The summed E-state index contributed by atoms with van der Waals surface area (Å²) in [7, 11) is 0. The molecule has 1 heterocycles. The highest BCUT2D eigenvalue weighted by atomic mass is 16.2. The number of amides is 1. The maximum atomic E-state index is 12.4. The van der Waals surface area contributed by atoms with Crippen molar-refractivity contribution in [2.75, 3.05) is 13.1 Å². The number of hydrogen-bond donors (Lipinski definition) is 0. The highest BCUT2D eigenvalue weighted by Crippen LogP contribution is 2.19. The molecule has 0 aromatic heterocycles. The summed E-state index contributed by atoms with van der Waals surface area (Å²) in [4.78, 5) is 14.5. The Kier molecular flexibility index (Phi) is 6.51. The van der Waals surface area contributed by atoms with E-state index in [9.17, 15) is 4.79 Å². The van der Waals surface area contributed by atoms with E-state index in [0.29, 0.717) is 11.8 Å². The molecule has 1 aliphatic rings. The number of nitrogens with zero attached hydrogens (tertiary/aromatic N) is 1. The molecule has 0 radical (unpaired) electrons. The predicted octanol–water partition coefficient (Wildman–Crippen LogP) is 3.61. The topological polar surface area (TPSA) is 20.3 Å². The van der Waals surface area contributed by atoms with Crippen molar-refractivity contribution in [3.63, 3.8) is 0 Å². The number of carbonyl (C=O) groups is 1. The molecule has 0 aliphatic carbocycles. The summed E-state index contributed by atoms with van der Waals surface area (Å²) in [5, 5.41) is 0. The third kappa shape index (κ3) is 4.15. The van der Waals surface area contributed by atoms with E-state index in [2.05, 4.69) is 18.7 Å². The number of rotatable bonds is 5. The molecule has 0 N–H and O–H groups in total. The van der Waals surface area contributed by atoms with Crippen molar-refractivity contribution in [3.05, 3.63) is 0 Å². The van der Waals surface area contributed by atoms with Crippen molar-refractivity contribution < 1.29 is 4.79 Å². The Labute approximate surface area is 100 Å².